The minimum absolute atomic E-state index is 0.0554. The maximum atomic E-state index is 12.8. The maximum absolute atomic E-state index is 12.8. The van der Waals surface area contributed by atoms with Crippen LogP contribution in [0.4, 0.5) is 0 Å². The molecular weight excluding hydrogens is 398 g/mol. The molecule has 0 bridgehead atoms. The van der Waals surface area contributed by atoms with Crippen molar-refractivity contribution in [2.75, 3.05) is 0 Å². The van der Waals surface area contributed by atoms with E-state index in [0.29, 0.717) is 18.2 Å². The Morgan fingerprint density at radius 2 is 2.19 bits per heavy atom. The predicted molar refractivity (Wildman–Crippen MR) is 87.9 cm³/mol. The third-order valence-corrected chi connectivity index (χ3v) is 4.79. The highest BCUT2D eigenvalue weighted by Crippen LogP contribution is 2.31. The molecule has 6 heteroatoms. The van der Waals surface area contributed by atoms with Crippen LogP contribution >= 0.6 is 31.9 Å². The SMILES string of the molecule is Cn1ccnc1CN(C(=O)c1ccc(Br)cc1Br)C1CC1. The first-order valence-electron chi connectivity index (χ1n) is 6.78. The molecule has 1 amide bonds. The van der Waals surface area contributed by atoms with E-state index in [1.165, 1.54) is 0 Å². The lowest BCUT2D eigenvalue weighted by Gasteiger charge is -2.23. The molecule has 3 rings (SSSR count). The van der Waals surface area contributed by atoms with Crippen molar-refractivity contribution in [3.8, 4) is 0 Å². The molecule has 1 aromatic heterocycles. The van der Waals surface area contributed by atoms with Crippen LogP contribution in [0.25, 0.3) is 0 Å². The second kappa shape index (κ2) is 5.93. The number of halogens is 2. The van der Waals surface area contributed by atoms with Gasteiger partial charge in [0, 0.05) is 34.4 Å². The number of benzene rings is 1. The molecule has 0 atom stereocenters. The molecule has 0 radical (unpaired) electrons. The number of hydrogen-bond donors (Lipinski definition) is 0. The lowest BCUT2D eigenvalue weighted by Crippen LogP contribution is -2.33. The van der Waals surface area contributed by atoms with Crippen molar-refractivity contribution in [3.63, 3.8) is 0 Å². The summed E-state index contributed by atoms with van der Waals surface area (Å²) < 4.78 is 3.72. The van der Waals surface area contributed by atoms with Crippen molar-refractivity contribution < 1.29 is 4.79 Å². The Labute approximate surface area is 140 Å². The van der Waals surface area contributed by atoms with Gasteiger partial charge in [0.05, 0.1) is 12.1 Å². The molecule has 1 aliphatic rings. The van der Waals surface area contributed by atoms with Crippen molar-refractivity contribution in [1.82, 2.24) is 14.5 Å². The van der Waals surface area contributed by atoms with Crippen LogP contribution < -0.4 is 0 Å². The van der Waals surface area contributed by atoms with Crippen LogP contribution in [0.15, 0.2) is 39.5 Å². The summed E-state index contributed by atoms with van der Waals surface area (Å²) in [4.78, 5) is 19.1. The van der Waals surface area contributed by atoms with Gasteiger partial charge in [0.15, 0.2) is 0 Å². The van der Waals surface area contributed by atoms with Gasteiger partial charge < -0.3 is 9.47 Å². The smallest absolute Gasteiger partial charge is 0.255 e. The van der Waals surface area contributed by atoms with Gasteiger partial charge in [-0.1, -0.05) is 15.9 Å². The van der Waals surface area contributed by atoms with Crippen LogP contribution in [0.5, 0.6) is 0 Å². The van der Waals surface area contributed by atoms with E-state index < -0.39 is 0 Å². The average Bonchev–Trinajstić information content (AvgIpc) is 3.19. The van der Waals surface area contributed by atoms with E-state index in [9.17, 15) is 4.79 Å². The molecular formula is C15H15Br2N3O. The van der Waals surface area contributed by atoms with E-state index in [-0.39, 0.29) is 5.91 Å². The summed E-state index contributed by atoms with van der Waals surface area (Å²) in [5.41, 5.74) is 0.694. The minimum atomic E-state index is 0.0554. The molecule has 1 saturated carbocycles. The van der Waals surface area contributed by atoms with E-state index in [1.54, 1.807) is 6.20 Å². The van der Waals surface area contributed by atoms with Crippen LogP contribution in [-0.4, -0.2) is 26.4 Å². The molecule has 21 heavy (non-hydrogen) atoms. The van der Waals surface area contributed by atoms with Crippen molar-refractivity contribution in [1.29, 1.82) is 0 Å². The molecule has 110 valence electrons. The number of amides is 1. The molecule has 0 aliphatic heterocycles. The first kappa shape index (κ1) is 14.8. The fourth-order valence-electron chi connectivity index (χ4n) is 2.27. The van der Waals surface area contributed by atoms with E-state index in [0.717, 1.165) is 27.6 Å². The van der Waals surface area contributed by atoms with E-state index in [1.807, 2.05) is 40.9 Å². The molecule has 1 fully saturated rings. The number of nitrogens with zero attached hydrogens (tertiary/aromatic N) is 3. The third kappa shape index (κ3) is 3.21. The lowest BCUT2D eigenvalue weighted by atomic mass is 10.2. The van der Waals surface area contributed by atoms with Crippen molar-refractivity contribution in [3.05, 3.63) is 50.9 Å². The summed E-state index contributed by atoms with van der Waals surface area (Å²) >= 11 is 6.89. The Morgan fingerprint density at radius 1 is 1.43 bits per heavy atom. The van der Waals surface area contributed by atoms with Crippen molar-refractivity contribution in [2.24, 2.45) is 7.05 Å². The first-order valence-corrected chi connectivity index (χ1v) is 8.37. The number of imidazole rings is 1. The third-order valence-electron chi connectivity index (χ3n) is 3.64. The zero-order valence-electron chi connectivity index (χ0n) is 11.6. The summed E-state index contributed by atoms with van der Waals surface area (Å²) in [5, 5.41) is 0. The van der Waals surface area contributed by atoms with Gasteiger partial charge in [-0.25, -0.2) is 4.98 Å². The standard InChI is InChI=1S/C15H15Br2N3O/c1-19-7-6-18-14(19)9-20(11-3-4-11)15(21)12-5-2-10(16)8-13(12)17/h2,5-8,11H,3-4,9H2,1H3. The zero-order valence-corrected chi connectivity index (χ0v) is 14.8. The van der Waals surface area contributed by atoms with E-state index in [4.69, 9.17) is 0 Å². The number of carbonyl (C=O) groups is 1. The van der Waals surface area contributed by atoms with Gasteiger partial charge in [-0.2, -0.15) is 0 Å². The summed E-state index contributed by atoms with van der Waals surface area (Å²) in [5.74, 6) is 0.961. The average molecular weight is 413 g/mol. The quantitative estimate of drug-likeness (QED) is 0.766. The molecule has 0 N–H and O–H groups in total. The highest BCUT2D eigenvalue weighted by atomic mass is 79.9. The van der Waals surface area contributed by atoms with E-state index in [2.05, 4.69) is 36.8 Å². The molecule has 0 saturated heterocycles. The molecule has 1 heterocycles. The largest absolute Gasteiger partial charge is 0.337 e. The topological polar surface area (TPSA) is 38.1 Å². The number of aryl methyl sites for hydroxylation is 1. The fraction of sp³-hybridized carbons (Fsp3) is 0.333. The minimum Gasteiger partial charge on any atom is -0.337 e. The normalized spacial score (nSPS) is 14.2. The van der Waals surface area contributed by atoms with Gasteiger partial charge in [-0.3, -0.25) is 4.79 Å². The summed E-state index contributed by atoms with van der Waals surface area (Å²) in [6.45, 7) is 0.551. The second-order valence-electron chi connectivity index (χ2n) is 5.24. The molecule has 2 aromatic rings. The molecule has 1 aliphatic carbocycles. The van der Waals surface area contributed by atoms with Crippen LogP contribution in [0, 0.1) is 0 Å². The zero-order chi connectivity index (χ0) is 15.0. The van der Waals surface area contributed by atoms with Crippen LogP contribution in [-0.2, 0) is 13.6 Å². The summed E-state index contributed by atoms with van der Waals surface area (Å²) in [6.07, 6.45) is 5.81. The number of rotatable bonds is 4. The Bertz CT molecular complexity index is 679. The van der Waals surface area contributed by atoms with Gasteiger partial charge in [0.2, 0.25) is 0 Å². The van der Waals surface area contributed by atoms with Crippen LogP contribution in [0.2, 0.25) is 0 Å². The first-order chi connectivity index (χ1) is 10.1. The summed E-state index contributed by atoms with van der Waals surface area (Å²) in [7, 11) is 1.95. The maximum Gasteiger partial charge on any atom is 0.255 e. The van der Waals surface area contributed by atoms with Gasteiger partial charge in [0.25, 0.3) is 5.91 Å². The van der Waals surface area contributed by atoms with E-state index >= 15 is 0 Å². The fourth-order valence-corrected chi connectivity index (χ4v) is 3.49. The van der Waals surface area contributed by atoms with Gasteiger partial charge in [-0.15, -0.1) is 0 Å². The lowest BCUT2D eigenvalue weighted by molar-refractivity contribution is 0.0723. The van der Waals surface area contributed by atoms with Crippen molar-refractivity contribution >= 4 is 37.8 Å². The monoisotopic (exact) mass is 411 g/mol. The Balaban J connectivity index is 1.87. The summed E-state index contributed by atoms with van der Waals surface area (Å²) in [6, 6.07) is 5.98. The highest BCUT2D eigenvalue weighted by molar-refractivity contribution is 9.11. The van der Waals surface area contributed by atoms with Gasteiger partial charge in [-0.05, 0) is 47.0 Å². The molecule has 4 nitrogen and oxygen atoms in total. The number of aromatic nitrogens is 2. The van der Waals surface area contributed by atoms with Crippen LogP contribution in [0.3, 0.4) is 0 Å². The van der Waals surface area contributed by atoms with Gasteiger partial charge in [0.1, 0.15) is 5.82 Å². The van der Waals surface area contributed by atoms with Gasteiger partial charge >= 0.3 is 0 Å². The highest BCUT2D eigenvalue weighted by Gasteiger charge is 2.34. The molecule has 0 spiro atoms. The Morgan fingerprint density at radius 3 is 2.76 bits per heavy atom. The number of carbonyl (C=O) groups excluding carboxylic acids is 1. The number of hydrogen-bond acceptors (Lipinski definition) is 2. The van der Waals surface area contributed by atoms with Crippen LogP contribution in [0.1, 0.15) is 29.0 Å². The second-order valence-corrected chi connectivity index (χ2v) is 7.01. The van der Waals surface area contributed by atoms with Crippen molar-refractivity contribution in [2.45, 2.75) is 25.4 Å². The molecule has 0 unspecified atom stereocenters. The predicted octanol–water partition coefficient (Wildman–Crippen LogP) is 3.75. The molecule has 1 aromatic carbocycles. The Kier molecular flexibility index (Phi) is 4.17. The Hall–Kier alpha value is -1.14.